The van der Waals surface area contributed by atoms with Gasteiger partial charge >= 0.3 is 6.03 Å². The topological polar surface area (TPSA) is 65.5 Å². The Morgan fingerprint density at radius 1 is 1.26 bits per heavy atom. The van der Waals surface area contributed by atoms with Gasteiger partial charge in [-0.3, -0.25) is 9.78 Å². The molecule has 1 saturated carbocycles. The summed E-state index contributed by atoms with van der Waals surface area (Å²) in [6, 6.07) is 6.09. The first-order valence-electron chi connectivity index (χ1n) is 10.2. The molecule has 0 aromatic carbocycles. The number of rotatable bonds is 3. The van der Waals surface area contributed by atoms with Crippen molar-refractivity contribution in [1.29, 1.82) is 0 Å². The number of piperidine rings is 2. The van der Waals surface area contributed by atoms with Crippen LogP contribution in [-0.2, 0) is 4.79 Å². The summed E-state index contributed by atoms with van der Waals surface area (Å²) in [7, 11) is 1.90. The van der Waals surface area contributed by atoms with Gasteiger partial charge in [0.1, 0.15) is 0 Å². The summed E-state index contributed by atoms with van der Waals surface area (Å²) in [4.78, 5) is 33.2. The van der Waals surface area contributed by atoms with Crippen LogP contribution in [0.15, 0.2) is 18.2 Å². The van der Waals surface area contributed by atoms with Crippen LogP contribution >= 0.6 is 0 Å². The van der Waals surface area contributed by atoms with E-state index in [-0.39, 0.29) is 23.4 Å². The van der Waals surface area contributed by atoms with Gasteiger partial charge in [0, 0.05) is 38.8 Å². The lowest BCUT2D eigenvalue weighted by Crippen LogP contribution is -2.53. The van der Waals surface area contributed by atoms with E-state index >= 15 is 0 Å². The molecule has 3 fully saturated rings. The van der Waals surface area contributed by atoms with Crippen molar-refractivity contribution >= 4 is 11.9 Å². The van der Waals surface area contributed by atoms with Crippen molar-refractivity contribution in [1.82, 2.24) is 20.1 Å². The second kappa shape index (κ2) is 7.13. The van der Waals surface area contributed by atoms with Crippen molar-refractivity contribution < 1.29 is 9.59 Å². The van der Waals surface area contributed by atoms with Crippen LogP contribution in [0.1, 0.15) is 56.0 Å². The fourth-order valence-electron chi connectivity index (χ4n) is 4.65. The Balaban J connectivity index is 1.37. The molecule has 3 heterocycles. The molecule has 1 unspecified atom stereocenters. The molecule has 1 spiro atoms. The van der Waals surface area contributed by atoms with Gasteiger partial charge in [-0.2, -0.15) is 0 Å². The summed E-state index contributed by atoms with van der Waals surface area (Å²) in [6.45, 7) is 4.36. The molecule has 1 aromatic rings. The van der Waals surface area contributed by atoms with E-state index in [1.807, 2.05) is 42.0 Å². The smallest absolute Gasteiger partial charge is 0.317 e. The van der Waals surface area contributed by atoms with E-state index in [1.54, 1.807) is 0 Å². The Hall–Kier alpha value is -2.11. The van der Waals surface area contributed by atoms with Gasteiger partial charge in [0.05, 0.1) is 11.7 Å². The lowest BCUT2D eigenvalue weighted by atomic mass is 9.72. The first-order valence-corrected chi connectivity index (χ1v) is 10.2. The van der Waals surface area contributed by atoms with Gasteiger partial charge < -0.3 is 15.1 Å². The third kappa shape index (κ3) is 3.94. The van der Waals surface area contributed by atoms with Crippen LogP contribution in [-0.4, -0.2) is 53.4 Å². The Morgan fingerprint density at radius 2 is 2.00 bits per heavy atom. The molecule has 1 aliphatic carbocycles. The van der Waals surface area contributed by atoms with E-state index in [1.165, 1.54) is 0 Å². The summed E-state index contributed by atoms with van der Waals surface area (Å²) in [5.41, 5.74) is 2.17. The Kier molecular flexibility index (Phi) is 4.82. The molecule has 0 radical (unpaired) electrons. The van der Waals surface area contributed by atoms with Gasteiger partial charge in [0.25, 0.3) is 0 Å². The van der Waals surface area contributed by atoms with Crippen molar-refractivity contribution in [2.45, 2.75) is 51.5 Å². The number of amides is 3. The molecule has 1 atom stereocenters. The number of urea groups is 1. The quantitative estimate of drug-likeness (QED) is 0.890. The normalized spacial score (nSPS) is 23.4. The zero-order valence-corrected chi connectivity index (χ0v) is 16.4. The van der Waals surface area contributed by atoms with Crippen LogP contribution in [0.3, 0.4) is 0 Å². The highest BCUT2D eigenvalue weighted by atomic mass is 16.2. The zero-order valence-electron chi connectivity index (χ0n) is 16.4. The average molecular weight is 370 g/mol. The number of hydrogen-bond donors (Lipinski definition) is 1. The molecular weight excluding hydrogens is 340 g/mol. The molecule has 1 aromatic heterocycles. The third-order valence-corrected chi connectivity index (χ3v) is 6.58. The summed E-state index contributed by atoms with van der Waals surface area (Å²) in [5, 5.41) is 3.26. The lowest BCUT2D eigenvalue weighted by molar-refractivity contribution is -0.137. The molecule has 27 heavy (non-hydrogen) atoms. The zero-order chi connectivity index (χ0) is 19.0. The standard InChI is InChI=1S/C21H30N4O2/c1-15-4-3-5-17(22-15)19(16-6-7-16)23-20(27)25-12-10-21(11-13-25)9-8-18(26)24(2)14-21/h3-5,16,19H,6-14H2,1-2H3,(H,23,27). The van der Waals surface area contributed by atoms with E-state index in [0.717, 1.165) is 63.1 Å². The summed E-state index contributed by atoms with van der Waals surface area (Å²) >= 11 is 0. The number of pyridine rings is 1. The Morgan fingerprint density at radius 3 is 2.63 bits per heavy atom. The highest BCUT2D eigenvalue weighted by Crippen LogP contribution is 2.42. The molecule has 1 N–H and O–H groups in total. The molecule has 6 heteroatoms. The van der Waals surface area contributed by atoms with Crippen LogP contribution in [0.4, 0.5) is 4.79 Å². The predicted molar refractivity (Wildman–Crippen MR) is 103 cm³/mol. The maximum atomic E-state index is 12.9. The maximum absolute atomic E-state index is 12.9. The average Bonchev–Trinajstić information content (AvgIpc) is 3.49. The van der Waals surface area contributed by atoms with Crippen LogP contribution in [0.25, 0.3) is 0 Å². The molecule has 2 aliphatic heterocycles. The van der Waals surface area contributed by atoms with Gasteiger partial charge in [0.15, 0.2) is 0 Å². The van der Waals surface area contributed by atoms with Crippen LogP contribution in [0, 0.1) is 18.3 Å². The first-order chi connectivity index (χ1) is 13.0. The lowest BCUT2D eigenvalue weighted by Gasteiger charge is -2.46. The van der Waals surface area contributed by atoms with E-state index in [4.69, 9.17) is 0 Å². The number of carbonyl (C=O) groups excluding carboxylic acids is 2. The van der Waals surface area contributed by atoms with Crippen LogP contribution in [0.5, 0.6) is 0 Å². The van der Waals surface area contributed by atoms with E-state index in [9.17, 15) is 9.59 Å². The summed E-state index contributed by atoms with van der Waals surface area (Å²) in [6.07, 6.45) is 5.88. The fraction of sp³-hybridized carbons (Fsp3) is 0.667. The first kappa shape index (κ1) is 18.3. The molecule has 3 amide bonds. The number of nitrogens with one attached hydrogen (secondary N) is 1. The van der Waals surface area contributed by atoms with E-state index in [0.29, 0.717) is 12.3 Å². The summed E-state index contributed by atoms with van der Waals surface area (Å²) < 4.78 is 0. The van der Waals surface area contributed by atoms with Crippen molar-refractivity contribution in [3.63, 3.8) is 0 Å². The molecule has 4 rings (SSSR count). The SMILES string of the molecule is Cc1cccc(C(NC(=O)N2CCC3(CCC(=O)N(C)C3)CC2)C2CC2)n1. The molecule has 2 saturated heterocycles. The van der Waals surface area contributed by atoms with Gasteiger partial charge in [0.2, 0.25) is 5.91 Å². The minimum absolute atomic E-state index is 0.0201. The second-order valence-corrected chi connectivity index (χ2v) is 8.71. The highest BCUT2D eigenvalue weighted by Gasteiger charge is 2.41. The number of aromatic nitrogens is 1. The van der Waals surface area contributed by atoms with Crippen molar-refractivity contribution in [2.75, 3.05) is 26.7 Å². The van der Waals surface area contributed by atoms with E-state index < -0.39 is 0 Å². The largest absolute Gasteiger partial charge is 0.345 e. The Bertz CT molecular complexity index is 723. The molecule has 6 nitrogen and oxygen atoms in total. The maximum Gasteiger partial charge on any atom is 0.317 e. The minimum Gasteiger partial charge on any atom is -0.345 e. The number of carbonyl (C=O) groups is 2. The Labute approximate surface area is 161 Å². The molecule has 146 valence electrons. The molecule has 0 bridgehead atoms. The fourth-order valence-corrected chi connectivity index (χ4v) is 4.65. The molecular formula is C21H30N4O2. The van der Waals surface area contributed by atoms with Gasteiger partial charge in [-0.15, -0.1) is 0 Å². The van der Waals surface area contributed by atoms with Crippen molar-refractivity contribution in [3.8, 4) is 0 Å². The minimum atomic E-state index is 0.0201. The van der Waals surface area contributed by atoms with Gasteiger partial charge in [-0.25, -0.2) is 4.79 Å². The number of hydrogen-bond acceptors (Lipinski definition) is 3. The summed E-state index contributed by atoms with van der Waals surface area (Å²) in [5.74, 6) is 0.760. The highest BCUT2D eigenvalue weighted by molar-refractivity contribution is 5.77. The number of aryl methyl sites for hydroxylation is 1. The van der Waals surface area contributed by atoms with Crippen LogP contribution < -0.4 is 5.32 Å². The number of likely N-dealkylation sites (tertiary alicyclic amines) is 2. The van der Waals surface area contributed by atoms with Gasteiger partial charge in [-0.05, 0) is 62.5 Å². The van der Waals surface area contributed by atoms with E-state index in [2.05, 4.69) is 10.3 Å². The van der Waals surface area contributed by atoms with Crippen LogP contribution in [0.2, 0.25) is 0 Å². The molecule has 3 aliphatic rings. The predicted octanol–water partition coefficient (Wildman–Crippen LogP) is 2.89. The van der Waals surface area contributed by atoms with Crippen molar-refractivity contribution in [3.05, 3.63) is 29.6 Å². The third-order valence-electron chi connectivity index (χ3n) is 6.58. The number of nitrogens with zero attached hydrogens (tertiary/aromatic N) is 3. The second-order valence-electron chi connectivity index (χ2n) is 8.71. The van der Waals surface area contributed by atoms with Gasteiger partial charge in [-0.1, -0.05) is 6.07 Å². The monoisotopic (exact) mass is 370 g/mol. The van der Waals surface area contributed by atoms with Crippen molar-refractivity contribution in [2.24, 2.45) is 11.3 Å².